The maximum absolute atomic E-state index is 11.9. The van der Waals surface area contributed by atoms with Gasteiger partial charge < -0.3 is 19.3 Å². The van der Waals surface area contributed by atoms with Crippen molar-refractivity contribution in [2.24, 2.45) is 0 Å². The van der Waals surface area contributed by atoms with Crippen LogP contribution in [0.15, 0.2) is 12.1 Å². The van der Waals surface area contributed by atoms with Crippen LogP contribution in [0.3, 0.4) is 0 Å². The number of H-pyrrole nitrogens is 1. The summed E-state index contributed by atoms with van der Waals surface area (Å²) in [6.07, 6.45) is 0. The van der Waals surface area contributed by atoms with E-state index in [9.17, 15) is 9.59 Å². The van der Waals surface area contributed by atoms with Gasteiger partial charge in [-0.15, -0.1) is 5.10 Å². The van der Waals surface area contributed by atoms with E-state index in [1.54, 1.807) is 19.1 Å². The van der Waals surface area contributed by atoms with E-state index in [1.807, 2.05) is 22.6 Å². The first-order valence-electron chi connectivity index (χ1n) is 6.78. The van der Waals surface area contributed by atoms with Crippen LogP contribution in [0, 0.1) is 3.57 Å². The summed E-state index contributed by atoms with van der Waals surface area (Å²) in [5, 5.41) is 18.9. The third kappa shape index (κ3) is 3.93. The van der Waals surface area contributed by atoms with Gasteiger partial charge in [0.2, 0.25) is 0 Å². The summed E-state index contributed by atoms with van der Waals surface area (Å²) in [4.78, 5) is 22.6. The average Bonchev–Trinajstić information content (AvgIpc) is 3.02. The molecule has 0 unspecified atom stereocenters. The number of carboxylic acids is 1. The number of rotatable bonds is 7. The molecule has 0 aliphatic heterocycles. The fourth-order valence-corrected chi connectivity index (χ4v) is 2.66. The molecule has 0 radical (unpaired) electrons. The van der Waals surface area contributed by atoms with Crippen molar-refractivity contribution in [1.82, 2.24) is 15.4 Å². The van der Waals surface area contributed by atoms with Crippen LogP contribution in [0.4, 0.5) is 0 Å². The summed E-state index contributed by atoms with van der Waals surface area (Å²) in [5.74, 6) is -1.08. The number of nitrogens with one attached hydrogen (secondary N) is 1. The lowest BCUT2D eigenvalue weighted by atomic mass is 10.1. The van der Waals surface area contributed by atoms with Crippen LogP contribution in [0.2, 0.25) is 0 Å². The van der Waals surface area contributed by atoms with Gasteiger partial charge in [0.25, 0.3) is 0 Å². The second-order valence-electron chi connectivity index (χ2n) is 4.41. The highest BCUT2D eigenvalue weighted by Crippen LogP contribution is 2.37. The number of carbonyl (C=O) groups is 2. The molecule has 0 spiro atoms. The number of benzene rings is 1. The molecule has 9 nitrogen and oxygen atoms in total. The minimum atomic E-state index is -1.10. The molecule has 24 heavy (non-hydrogen) atoms. The van der Waals surface area contributed by atoms with E-state index in [-0.39, 0.29) is 12.3 Å². The molecule has 2 N–H and O–H groups in total. The molecule has 10 heteroatoms. The number of carbonyl (C=O) groups excluding carboxylic acids is 1. The zero-order valence-electron chi connectivity index (χ0n) is 12.8. The molecule has 0 amide bonds. The quantitative estimate of drug-likeness (QED) is 0.486. The Labute approximate surface area is 150 Å². The van der Waals surface area contributed by atoms with Crippen molar-refractivity contribution >= 4 is 34.5 Å². The number of nitrogens with zero attached hydrogens (tertiary/aromatic N) is 2. The molecule has 0 saturated carbocycles. The number of ether oxygens (including phenoxy) is 3. The van der Waals surface area contributed by atoms with Gasteiger partial charge in [-0.25, -0.2) is 9.59 Å². The number of esters is 1. The number of methoxy groups -OCH3 is 1. The van der Waals surface area contributed by atoms with E-state index >= 15 is 0 Å². The molecule has 2 rings (SSSR count). The number of carboxylic acid groups (broad SMARTS) is 1. The predicted molar refractivity (Wildman–Crippen MR) is 90.2 cm³/mol. The van der Waals surface area contributed by atoms with Crippen molar-refractivity contribution in [2.45, 2.75) is 6.92 Å². The maximum Gasteiger partial charge on any atom is 0.361 e. The Kier molecular flexibility index (Phi) is 5.95. The summed E-state index contributed by atoms with van der Waals surface area (Å²) >= 11 is 1.98. The number of aliphatic carboxylic acids is 1. The van der Waals surface area contributed by atoms with E-state index in [4.69, 9.17) is 19.3 Å². The van der Waals surface area contributed by atoms with Gasteiger partial charge in [0, 0.05) is 5.56 Å². The highest BCUT2D eigenvalue weighted by molar-refractivity contribution is 14.1. The third-order valence-corrected chi connectivity index (χ3v) is 3.66. The van der Waals surface area contributed by atoms with Gasteiger partial charge >= 0.3 is 11.9 Å². The summed E-state index contributed by atoms with van der Waals surface area (Å²) in [7, 11) is 1.43. The Morgan fingerprint density at radius 2 is 2.08 bits per heavy atom. The van der Waals surface area contributed by atoms with Gasteiger partial charge in [-0.3, -0.25) is 0 Å². The third-order valence-electron chi connectivity index (χ3n) is 2.86. The molecule has 0 atom stereocenters. The molecule has 0 saturated heterocycles. The van der Waals surface area contributed by atoms with Gasteiger partial charge in [-0.1, -0.05) is 0 Å². The van der Waals surface area contributed by atoms with Crippen molar-refractivity contribution in [3.63, 3.8) is 0 Å². The van der Waals surface area contributed by atoms with Crippen molar-refractivity contribution < 1.29 is 28.9 Å². The van der Waals surface area contributed by atoms with E-state index in [1.165, 1.54) is 7.11 Å². The van der Waals surface area contributed by atoms with Crippen LogP contribution in [0.25, 0.3) is 11.3 Å². The number of halogens is 1. The Morgan fingerprint density at radius 1 is 1.33 bits per heavy atom. The second kappa shape index (κ2) is 7.95. The fourth-order valence-electron chi connectivity index (χ4n) is 1.90. The van der Waals surface area contributed by atoms with E-state index < -0.39 is 18.5 Å². The second-order valence-corrected chi connectivity index (χ2v) is 5.58. The number of hydrogen-bond donors (Lipinski definition) is 2. The Morgan fingerprint density at radius 3 is 2.71 bits per heavy atom. The number of aromatic nitrogens is 3. The van der Waals surface area contributed by atoms with E-state index in [0.717, 1.165) is 0 Å². The first-order valence-corrected chi connectivity index (χ1v) is 7.86. The zero-order valence-corrected chi connectivity index (χ0v) is 15.0. The van der Waals surface area contributed by atoms with Crippen LogP contribution in [0.5, 0.6) is 11.5 Å². The highest BCUT2D eigenvalue weighted by Gasteiger charge is 2.22. The van der Waals surface area contributed by atoms with Crippen LogP contribution < -0.4 is 9.47 Å². The van der Waals surface area contributed by atoms with Crippen LogP contribution in [-0.2, 0) is 9.53 Å². The Balaban J connectivity index is 2.43. The topological polar surface area (TPSA) is 124 Å². The SMILES string of the molecule is CCOC(=O)c1n[nH]nc1-c1cc(I)c(OCC(=O)O)c(OC)c1. The lowest BCUT2D eigenvalue weighted by Crippen LogP contribution is -2.11. The lowest BCUT2D eigenvalue weighted by Gasteiger charge is -2.13. The average molecular weight is 447 g/mol. The summed E-state index contributed by atoms with van der Waals surface area (Å²) in [6, 6.07) is 3.26. The van der Waals surface area contributed by atoms with Crippen molar-refractivity contribution in [3.8, 4) is 22.8 Å². The lowest BCUT2D eigenvalue weighted by molar-refractivity contribution is -0.139. The largest absolute Gasteiger partial charge is 0.493 e. The molecule has 0 aliphatic carbocycles. The minimum Gasteiger partial charge on any atom is -0.493 e. The minimum absolute atomic E-state index is 0.0499. The predicted octanol–water partition coefficient (Wildman–Crippen LogP) is 1.72. The van der Waals surface area contributed by atoms with Crippen LogP contribution in [-0.4, -0.2) is 52.8 Å². The van der Waals surface area contributed by atoms with Gasteiger partial charge in [0.1, 0.15) is 5.69 Å². The van der Waals surface area contributed by atoms with Crippen molar-refractivity contribution in [3.05, 3.63) is 21.4 Å². The van der Waals surface area contributed by atoms with Gasteiger partial charge in [-0.05, 0) is 41.6 Å². The standard InChI is InChI=1S/C14H14IN3O6/c1-3-23-14(21)12-11(16-18-17-12)7-4-8(15)13(9(5-7)22-2)24-6-10(19)20/h4-5H,3,6H2,1-2H3,(H,19,20)(H,16,17,18). The summed E-state index contributed by atoms with van der Waals surface area (Å²) in [6.45, 7) is 1.41. The first-order chi connectivity index (χ1) is 11.5. The molecule has 128 valence electrons. The molecule has 1 aromatic heterocycles. The normalized spacial score (nSPS) is 10.3. The molecule has 0 fully saturated rings. The van der Waals surface area contributed by atoms with Gasteiger partial charge in [0.15, 0.2) is 23.8 Å². The molecular weight excluding hydrogens is 433 g/mol. The Bertz CT molecular complexity index is 761. The van der Waals surface area contributed by atoms with Crippen LogP contribution in [0.1, 0.15) is 17.4 Å². The van der Waals surface area contributed by atoms with E-state index in [2.05, 4.69) is 15.4 Å². The zero-order chi connectivity index (χ0) is 17.7. The van der Waals surface area contributed by atoms with E-state index in [0.29, 0.717) is 26.3 Å². The molecule has 2 aromatic rings. The first kappa shape index (κ1) is 18.0. The molecule has 0 aliphatic rings. The molecule has 0 bridgehead atoms. The van der Waals surface area contributed by atoms with Gasteiger partial charge in [-0.2, -0.15) is 10.3 Å². The van der Waals surface area contributed by atoms with Crippen molar-refractivity contribution in [2.75, 3.05) is 20.3 Å². The monoisotopic (exact) mass is 447 g/mol. The highest BCUT2D eigenvalue weighted by atomic mass is 127. The maximum atomic E-state index is 11.9. The van der Waals surface area contributed by atoms with Crippen molar-refractivity contribution in [1.29, 1.82) is 0 Å². The summed E-state index contributed by atoms with van der Waals surface area (Å²) < 4.78 is 16.0. The van der Waals surface area contributed by atoms with Gasteiger partial charge in [0.05, 0.1) is 17.3 Å². The number of aromatic amines is 1. The fraction of sp³-hybridized carbons (Fsp3) is 0.286. The summed E-state index contributed by atoms with van der Waals surface area (Å²) in [5.41, 5.74) is 0.902. The van der Waals surface area contributed by atoms with Crippen LogP contribution >= 0.6 is 22.6 Å². The molecular formula is C14H14IN3O6. The molecule has 1 heterocycles. The number of hydrogen-bond acceptors (Lipinski definition) is 7. The Hall–Kier alpha value is -2.37. The smallest absolute Gasteiger partial charge is 0.361 e. The molecule has 1 aromatic carbocycles.